The summed E-state index contributed by atoms with van der Waals surface area (Å²) in [5.41, 5.74) is 2.89. The third-order valence-electron chi connectivity index (χ3n) is 4.75. The van der Waals surface area contributed by atoms with E-state index < -0.39 is 0 Å². The van der Waals surface area contributed by atoms with E-state index in [0.29, 0.717) is 33.9 Å². The predicted molar refractivity (Wildman–Crippen MR) is 129 cm³/mol. The van der Waals surface area contributed by atoms with E-state index in [1.807, 2.05) is 0 Å². The third-order valence-corrected chi connectivity index (χ3v) is 4.75. The van der Waals surface area contributed by atoms with Gasteiger partial charge in [0.15, 0.2) is 0 Å². The van der Waals surface area contributed by atoms with E-state index in [-0.39, 0.29) is 24.3 Å². The number of anilines is 3. The van der Waals surface area contributed by atoms with Gasteiger partial charge in [0, 0.05) is 42.3 Å². The maximum atomic E-state index is 12.4. The fourth-order valence-electron chi connectivity index (χ4n) is 2.99. The van der Waals surface area contributed by atoms with Gasteiger partial charge in [-0.1, -0.05) is 6.07 Å². The van der Waals surface area contributed by atoms with Gasteiger partial charge in [0.2, 0.25) is 5.91 Å². The third kappa shape index (κ3) is 6.57. The molecule has 8 heteroatoms. The first-order chi connectivity index (χ1) is 15.9. The molecule has 0 radical (unpaired) electrons. The molecule has 0 atom stereocenters. The zero-order valence-electron chi connectivity index (χ0n) is 18.7. The van der Waals surface area contributed by atoms with Crippen molar-refractivity contribution in [1.29, 1.82) is 0 Å². The molecule has 0 saturated carbocycles. The largest absolute Gasteiger partial charge is 0.497 e. The van der Waals surface area contributed by atoms with Crippen LogP contribution >= 0.6 is 0 Å². The van der Waals surface area contributed by atoms with E-state index >= 15 is 0 Å². The Morgan fingerprint density at radius 2 is 1.42 bits per heavy atom. The van der Waals surface area contributed by atoms with Gasteiger partial charge < -0.3 is 25.6 Å². The van der Waals surface area contributed by atoms with Gasteiger partial charge in [-0.25, -0.2) is 0 Å². The molecular weight excluding hydrogens is 420 g/mol. The highest BCUT2D eigenvalue weighted by Gasteiger charge is 2.10. The molecule has 0 aromatic heterocycles. The second-order valence-electron chi connectivity index (χ2n) is 7.44. The molecule has 0 heterocycles. The fourth-order valence-corrected chi connectivity index (χ4v) is 2.99. The number of rotatable bonds is 8. The summed E-state index contributed by atoms with van der Waals surface area (Å²) >= 11 is 0. The molecule has 0 bridgehead atoms. The molecule has 0 saturated heterocycles. The lowest BCUT2D eigenvalue weighted by atomic mass is 10.1. The summed E-state index contributed by atoms with van der Waals surface area (Å²) in [6, 6.07) is 20.6. The van der Waals surface area contributed by atoms with Crippen LogP contribution in [0.25, 0.3) is 0 Å². The molecule has 3 amide bonds. The Balaban J connectivity index is 1.52. The average molecular weight is 447 g/mol. The number of amides is 3. The first kappa shape index (κ1) is 23.3. The Morgan fingerprint density at radius 3 is 2.06 bits per heavy atom. The van der Waals surface area contributed by atoms with Crippen molar-refractivity contribution in [2.24, 2.45) is 0 Å². The molecule has 0 aliphatic carbocycles. The van der Waals surface area contributed by atoms with Crippen LogP contribution in [-0.4, -0.2) is 50.4 Å². The topological polar surface area (TPSA) is 99.8 Å². The van der Waals surface area contributed by atoms with E-state index in [2.05, 4.69) is 16.0 Å². The molecule has 0 aliphatic rings. The Bertz CT molecular complexity index is 1130. The molecule has 3 aromatic rings. The summed E-state index contributed by atoms with van der Waals surface area (Å²) in [5, 5.41) is 8.59. The van der Waals surface area contributed by atoms with Crippen LogP contribution in [-0.2, 0) is 4.79 Å². The first-order valence-electron chi connectivity index (χ1n) is 10.3. The van der Waals surface area contributed by atoms with E-state index in [4.69, 9.17) is 4.74 Å². The number of ether oxygens (including phenoxy) is 1. The summed E-state index contributed by atoms with van der Waals surface area (Å²) < 4.78 is 5.10. The lowest BCUT2D eigenvalue weighted by molar-refractivity contribution is -0.114. The number of carbonyl (C=O) groups is 3. The van der Waals surface area contributed by atoms with Gasteiger partial charge >= 0.3 is 0 Å². The van der Waals surface area contributed by atoms with Crippen LogP contribution < -0.4 is 20.7 Å². The second-order valence-corrected chi connectivity index (χ2v) is 7.44. The summed E-state index contributed by atoms with van der Waals surface area (Å²) in [6.45, 7) is 0.0271. The van der Waals surface area contributed by atoms with Crippen LogP contribution in [0.1, 0.15) is 20.7 Å². The van der Waals surface area contributed by atoms with E-state index in [0.717, 1.165) is 0 Å². The smallest absolute Gasteiger partial charge is 0.255 e. The Morgan fingerprint density at radius 1 is 0.788 bits per heavy atom. The van der Waals surface area contributed by atoms with Crippen molar-refractivity contribution in [3.05, 3.63) is 83.9 Å². The van der Waals surface area contributed by atoms with Gasteiger partial charge in [-0.15, -0.1) is 0 Å². The molecule has 33 heavy (non-hydrogen) atoms. The molecular formula is C25H26N4O4. The summed E-state index contributed by atoms with van der Waals surface area (Å²) in [5.74, 6) is 0.0817. The standard InChI is InChI=1S/C25H26N4O4/c1-29(2)25(32)18-5-4-6-21(15-18)26-16-23(30)27-19-9-7-17(8-10-19)24(31)28-20-11-13-22(33-3)14-12-20/h4-15,26H,16H2,1-3H3,(H,27,30)(H,28,31). The lowest BCUT2D eigenvalue weighted by Crippen LogP contribution is -2.23. The number of hydrogen-bond acceptors (Lipinski definition) is 5. The van der Waals surface area contributed by atoms with Crippen molar-refractivity contribution >= 4 is 34.8 Å². The van der Waals surface area contributed by atoms with Crippen molar-refractivity contribution in [1.82, 2.24) is 4.90 Å². The van der Waals surface area contributed by atoms with Crippen LogP contribution in [0.3, 0.4) is 0 Å². The van der Waals surface area contributed by atoms with E-state index in [9.17, 15) is 14.4 Å². The van der Waals surface area contributed by atoms with Crippen molar-refractivity contribution < 1.29 is 19.1 Å². The fraction of sp³-hybridized carbons (Fsp3) is 0.160. The molecule has 170 valence electrons. The number of methoxy groups -OCH3 is 1. The first-order valence-corrected chi connectivity index (χ1v) is 10.3. The van der Waals surface area contributed by atoms with Crippen molar-refractivity contribution in [3.8, 4) is 5.75 Å². The zero-order valence-corrected chi connectivity index (χ0v) is 18.7. The Hall–Kier alpha value is -4.33. The number of nitrogens with one attached hydrogen (secondary N) is 3. The van der Waals surface area contributed by atoms with Crippen molar-refractivity contribution in [2.45, 2.75) is 0 Å². The molecule has 0 unspecified atom stereocenters. The average Bonchev–Trinajstić information content (AvgIpc) is 2.83. The molecule has 8 nitrogen and oxygen atoms in total. The molecule has 0 fully saturated rings. The number of benzene rings is 3. The monoisotopic (exact) mass is 446 g/mol. The predicted octanol–water partition coefficient (Wildman–Crippen LogP) is 3.70. The molecule has 3 N–H and O–H groups in total. The van der Waals surface area contributed by atoms with Crippen LogP contribution in [0.4, 0.5) is 17.1 Å². The van der Waals surface area contributed by atoms with Crippen LogP contribution in [0.15, 0.2) is 72.8 Å². The highest BCUT2D eigenvalue weighted by atomic mass is 16.5. The van der Waals surface area contributed by atoms with Gasteiger partial charge in [-0.3, -0.25) is 14.4 Å². The zero-order chi connectivity index (χ0) is 23.8. The number of hydrogen-bond donors (Lipinski definition) is 3. The molecule has 0 aliphatic heterocycles. The second kappa shape index (κ2) is 10.8. The van der Waals surface area contributed by atoms with Gasteiger partial charge in [0.05, 0.1) is 13.7 Å². The minimum Gasteiger partial charge on any atom is -0.497 e. The molecule has 3 rings (SSSR count). The quantitative estimate of drug-likeness (QED) is 0.490. The SMILES string of the molecule is COc1ccc(NC(=O)c2ccc(NC(=O)CNc3cccc(C(=O)N(C)C)c3)cc2)cc1. The maximum Gasteiger partial charge on any atom is 0.255 e. The molecule has 0 spiro atoms. The van der Waals surface area contributed by atoms with Gasteiger partial charge in [0.25, 0.3) is 11.8 Å². The van der Waals surface area contributed by atoms with E-state index in [1.54, 1.807) is 94.0 Å². The number of carbonyl (C=O) groups excluding carboxylic acids is 3. The minimum atomic E-state index is -0.258. The van der Waals surface area contributed by atoms with Crippen molar-refractivity contribution in [2.75, 3.05) is 43.7 Å². The highest BCUT2D eigenvalue weighted by Crippen LogP contribution is 2.17. The lowest BCUT2D eigenvalue weighted by Gasteiger charge is -2.12. The van der Waals surface area contributed by atoms with Gasteiger partial charge in [-0.05, 0) is 66.7 Å². The highest BCUT2D eigenvalue weighted by molar-refractivity contribution is 6.04. The minimum absolute atomic E-state index is 0.0271. The maximum absolute atomic E-state index is 12.4. The van der Waals surface area contributed by atoms with Crippen molar-refractivity contribution in [3.63, 3.8) is 0 Å². The Kier molecular flexibility index (Phi) is 7.64. The summed E-state index contributed by atoms with van der Waals surface area (Å²) in [6.07, 6.45) is 0. The summed E-state index contributed by atoms with van der Waals surface area (Å²) in [7, 11) is 4.95. The van der Waals surface area contributed by atoms with Crippen LogP contribution in [0.2, 0.25) is 0 Å². The van der Waals surface area contributed by atoms with E-state index in [1.165, 1.54) is 4.90 Å². The van der Waals surface area contributed by atoms with Crippen LogP contribution in [0.5, 0.6) is 5.75 Å². The Labute approximate surface area is 192 Å². The number of nitrogens with zero attached hydrogens (tertiary/aromatic N) is 1. The van der Waals surface area contributed by atoms with Gasteiger partial charge in [-0.2, -0.15) is 0 Å². The van der Waals surface area contributed by atoms with Crippen LogP contribution in [0, 0.1) is 0 Å². The molecule has 3 aromatic carbocycles. The summed E-state index contributed by atoms with van der Waals surface area (Å²) in [4.78, 5) is 38.3. The normalized spacial score (nSPS) is 10.2. The van der Waals surface area contributed by atoms with Gasteiger partial charge in [0.1, 0.15) is 5.75 Å².